The molecule has 2 aromatic heterocycles. The number of rotatable bonds is 3. The van der Waals surface area contributed by atoms with E-state index in [2.05, 4.69) is 66.5 Å². The summed E-state index contributed by atoms with van der Waals surface area (Å²) in [7, 11) is 0. The smallest absolute Gasteiger partial charge is 0.255 e. The van der Waals surface area contributed by atoms with Gasteiger partial charge in [-0.2, -0.15) is 0 Å². The number of hydrogen-bond acceptors (Lipinski definition) is 4. The van der Waals surface area contributed by atoms with Crippen LogP contribution in [0.3, 0.4) is 0 Å². The highest BCUT2D eigenvalue weighted by molar-refractivity contribution is 5.95. The van der Waals surface area contributed by atoms with Gasteiger partial charge in [0, 0.05) is 40.3 Å². The monoisotopic (exact) mass is 429 g/mol. The molecule has 0 aliphatic carbocycles. The predicted octanol–water partition coefficient (Wildman–Crippen LogP) is 3.85. The van der Waals surface area contributed by atoms with Crippen LogP contribution in [0, 0.1) is 11.8 Å². The Morgan fingerprint density at radius 2 is 1.97 bits per heavy atom. The molecule has 0 amide bonds. The second kappa shape index (κ2) is 7.83. The molecule has 1 N–H and O–H groups in total. The van der Waals surface area contributed by atoms with E-state index < -0.39 is 0 Å². The quantitative estimate of drug-likeness (QED) is 0.643. The fourth-order valence-electron chi connectivity index (χ4n) is 5.23. The lowest BCUT2D eigenvalue weighted by Crippen LogP contribution is -2.45. The summed E-state index contributed by atoms with van der Waals surface area (Å²) < 4.78 is 1.80. The van der Waals surface area contributed by atoms with Crippen molar-refractivity contribution in [3.63, 3.8) is 0 Å². The first-order chi connectivity index (χ1) is 15.3. The molecule has 0 unspecified atom stereocenters. The third-order valence-electron chi connectivity index (χ3n) is 6.61. The number of nitrogens with zero attached hydrogens (tertiary/aromatic N) is 4. The minimum Gasteiger partial charge on any atom is -0.360 e. The lowest BCUT2D eigenvalue weighted by atomic mass is 10.0. The molecule has 6 heteroatoms. The molecular weight excluding hydrogens is 398 g/mol. The van der Waals surface area contributed by atoms with E-state index in [1.165, 1.54) is 12.8 Å². The van der Waals surface area contributed by atoms with E-state index in [4.69, 9.17) is 4.98 Å². The summed E-state index contributed by atoms with van der Waals surface area (Å²) in [4.78, 5) is 26.0. The molecule has 2 aliphatic rings. The molecule has 1 saturated heterocycles. The Morgan fingerprint density at radius 1 is 1.19 bits per heavy atom. The normalized spacial score (nSPS) is 17.7. The van der Waals surface area contributed by atoms with Crippen LogP contribution in [-0.2, 0) is 6.54 Å². The molecule has 0 bridgehead atoms. The summed E-state index contributed by atoms with van der Waals surface area (Å²) in [5, 5.41) is 1.04. The van der Waals surface area contributed by atoms with Gasteiger partial charge in [0.2, 0.25) is 5.95 Å². The lowest BCUT2D eigenvalue weighted by molar-refractivity contribution is 0.383. The van der Waals surface area contributed by atoms with Crippen LogP contribution in [0.1, 0.15) is 46.1 Å². The first-order valence-corrected chi connectivity index (χ1v) is 11.6. The molecule has 0 spiro atoms. The topological polar surface area (TPSA) is 57.2 Å². The molecule has 32 heavy (non-hydrogen) atoms. The van der Waals surface area contributed by atoms with Crippen molar-refractivity contribution in [2.75, 3.05) is 24.5 Å². The number of aromatic amines is 1. The van der Waals surface area contributed by atoms with E-state index in [1.807, 2.05) is 12.3 Å². The number of nitrogens with one attached hydrogen (secondary N) is 1. The first kappa shape index (κ1) is 20.8. The minimum absolute atomic E-state index is 0.00265. The number of anilines is 1. The van der Waals surface area contributed by atoms with Crippen LogP contribution in [0.15, 0.2) is 35.3 Å². The standard InChI is InChI=1S/C26H31N5O/c1-18(2)31-25-28-23(15-24(32)30(25)17-26(31,3)4)21-16-27-22-10-9-19(14-20(21)22)8-7-13-29-11-5-6-12-29/h9-10,14-16,18,27H,5-6,11-13,17H2,1-4H3. The fraction of sp³-hybridized carbons (Fsp3) is 0.462. The number of likely N-dealkylation sites (tertiary alicyclic amines) is 1. The van der Waals surface area contributed by atoms with Gasteiger partial charge in [0.05, 0.1) is 24.3 Å². The number of fused-ring (bicyclic) bond motifs is 2. The van der Waals surface area contributed by atoms with Gasteiger partial charge in [-0.15, -0.1) is 0 Å². The number of H-pyrrole nitrogens is 1. The van der Waals surface area contributed by atoms with Crippen molar-refractivity contribution in [2.24, 2.45) is 0 Å². The van der Waals surface area contributed by atoms with Gasteiger partial charge in [-0.25, -0.2) is 4.98 Å². The van der Waals surface area contributed by atoms with Crippen LogP contribution in [0.2, 0.25) is 0 Å². The molecule has 166 valence electrons. The Balaban J connectivity index is 1.53. The fourth-order valence-corrected chi connectivity index (χ4v) is 5.23. The molecule has 0 atom stereocenters. The Labute approximate surface area is 189 Å². The van der Waals surface area contributed by atoms with Gasteiger partial charge < -0.3 is 9.88 Å². The van der Waals surface area contributed by atoms with Crippen molar-refractivity contribution in [3.05, 3.63) is 46.4 Å². The average molecular weight is 430 g/mol. The Bertz CT molecular complexity index is 1280. The third-order valence-corrected chi connectivity index (χ3v) is 6.61. The van der Waals surface area contributed by atoms with Gasteiger partial charge >= 0.3 is 0 Å². The highest BCUT2D eigenvalue weighted by atomic mass is 16.1. The number of hydrogen-bond donors (Lipinski definition) is 1. The SMILES string of the molecule is CC(C)N1c2nc(-c3c[nH]c4ccc(C#CCN5CCCC5)cc34)cc(=O)n2CC1(C)C. The molecule has 3 aromatic rings. The number of benzene rings is 1. The maximum absolute atomic E-state index is 13.0. The maximum Gasteiger partial charge on any atom is 0.255 e. The van der Waals surface area contributed by atoms with E-state index in [0.29, 0.717) is 12.2 Å². The Hall–Kier alpha value is -3.04. The third kappa shape index (κ3) is 3.61. The largest absolute Gasteiger partial charge is 0.360 e. The minimum atomic E-state index is -0.149. The predicted molar refractivity (Wildman–Crippen MR) is 130 cm³/mol. The molecule has 0 radical (unpaired) electrons. The molecular formula is C26H31N5O. The molecule has 1 fully saturated rings. The number of aromatic nitrogens is 3. The van der Waals surface area contributed by atoms with Crippen molar-refractivity contribution in [1.29, 1.82) is 0 Å². The van der Waals surface area contributed by atoms with E-state index in [0.717, 1.165) is 47.6 Å². The summed E-state index contributed by atoms with van der Waals surface area (Å²) in [6, 6.07) is 8.13. The van der Waals surface area contributed by atoms with Crippen LogP contribution in [-0.4, -0.2) is 50.7 Å². The zero-order valence-electron chi connectivity index (χ0n) is 19.4. The summed E-state index contributed by atoms with van der Waals surface area (Å²) >= 11 is 0. The highest BCUT2D eigenvalue weighted by Crippen LogP contribution is 2.35. The summed E-state index contributed by atoms with van der Waals surface area (Å²) in [5.41, 5.74) is 3.51. The van der Waals surface area contributed by atoms with Crippen molar-refractivity contribution in [3.8, 4) is 23.1 Å². The zero-order valence-corrected chi connectivity index (χ0v) is 19.4. The highest BCUT2D eigenvalue weighted by Gasteiger charge is 2.39. The van der Waals surface area contributed by atoms with Crippen molar-refractivity contribution in [1.82, 2.24) is 19.4 Å². The van der Waals surface area contributed by atoms with E-state index >= 15 is 0 Å². The van der Waals surface area contributed by atoms with Crippen LogP contribution in [0.5, 0.6) is 0 Å². The average Bonchev–Trinajstić information content (AvgIpc) is 3.44. The van der Waals surface area contributed by atoms with E-state index in [1.54, 1.807) is 10.6 Å². The molecule has 1 aromatic carbocycles. The first-order valence-electron chi connectivity index (χ1n) is 11.6. The summed E-state index contributed by atoms with van der Waals surface area (Å²) in [6.07, 6.45) is 4.50. The van der Waals surface area contributed by atoms with Gasteiger partial charge in [0.1, 0.15) is 0 Å². The second-order valence-corrected chi connectivity index (χ2v) is 9.89. The zero-order chi connectivity index (χ0) is 22.5. The van der Waals surface area contributed by atoms with Crippen molar-refractivity contribution in [2.45, 2.75) is 58.7 Å². The van der Waals surface area contributed by atoms with Gasteiger partial charge in [0.15, 0.2) is 0 Å². The van der Waals surface area contributed by atoms with Gasteiger partial charge in [-0.1, -0.05) is 11.8 Å². The van der Waals surface area contributed by atoms with Crippen molar-refractivity contribution < 1.29 is 0 Å². The van der Waals surface area contributed by atoms with Crippen molar-refractivity contribution >= 4 is 16.9 Å². The van der Waals surface area contributed by atoms with Gasteiger partial charge in [0.25, 0.3) is 5.56 Å². The van der Waals surface area contributed by atoms with Crippen LogP contribution in [0.4, 0.5) is 5.95 Å². The summed E-state index contributed by atoms with van der Waals surface area (Å²) in [5.74, 6) is 7.39. The molecule has 2 aliphatic heterocycles. The maximum atomic E-state index is 13.0. The Kier molecular flexibility index (Phi) is 5.10. The molecule has 4 heterocycles. The second-order valence-electron chi connectivity index (χ2n) is 9.89. The van der Waals surface area contributed by atoms with Crippen LogP contribution in [0.25, 0.3) is 22.2 Å². The lowest BCUT2D eigenvalue weighted by Gasteiger charge is -2.35. The molecule has 6 nitrogen and oxygen atoms in total. The molecule has 0 saturated carbocycles. The van der Waals surface area contributed by atoms with Gasteiger partial charge in [-0.05, 0) is 71.8 Å². The molecule has 5 rings (SSSR count). The van der Waals surface area contributed by atoms with Crippen LogP contribution < -0.4 is 10.5 Å². The Morgan fingerprint density at radius 3 is 2.72 bits per heavy atom. The van der Waals surface area contributed by atoms with E-state index in [-0.39, 0.29) is 17.1 Å². The van der Waals surface area contributed by atoms with E-state index in [9.17, 15) is 4.79 Å². The van der Waals surface area contributed by atoms with Gasteiger partial charge in [-0.3, -0.25) is 14.3 Å². The summed E-state index contributed by atoms with van der Waals surface area (Å²) in [6.45, 7) is 12.4. The van der Waals surface area contributed by atoms with Crippen LogP contribution >= 0.6 is 0 Å².